The smallest absolute Gasteiger partial charge is 0.335 e. The summed E-state index contributed by atoms with van der Waals surface area (Å²) < 4.78 is 60.0. The molecule has 1 aliphatic carbocycles. The molecule has 0 heterocycles. The fourth-order valence-corrected chi connectivity index (χ4v) is 2.32. The Morgan fingerprint density at radius 3 is 2.25 bits per heavy atom. The van der Waals surface area contributed by atoms with Crippen molar-refractivity contribution >= 4 is 11.7 Å². The van der Waals surface area contributed by atoms with Crippen molar-refractivity contribution in [3.63, 3.8) is 0 Å². The lowest BCUT2D eigenvalue weighted by Crippen LogP contribution is -2.41. The van der Waals surface area contributed by atoms with E-state index in [9.17, 15) is 26.9 Å². The zero-order chi connectivity index (χ0) is 20.7. The lowest BCUT2D eigenvalue weighted by atomic mass is 9.93. The quantitative estimate of drug-likeness (QED) is 0.640. The molecular formula is C19H19F5N2O2. The summed E-state index contributed by atoms with van der Waals surface area (Å²) in [5.41, 5.74) is 0.547. The summed E-state index contributed by atoms with van der Waals surface area (Å²) in [6.07, 6.45) is -1.15. The number of urea groups is 1. The van der Waals surface area contributed by atoms with Crippen molar-refractivity contribution in [3.8, 4) is 5.75 Å². The molecule has 2 N–H and O–H groups in total. The number of carbonyl (C=O) groups is 1. The van der Waals surface area contributed by atoms with Crippen molar-refractivity contribution in [2.75, 3.05) is 5.32 Å². The Bertz CT molecular complexity index is 790. The van der Waals surface area contributed by atoms with Gasteiger partial charge < -0.3 is 10.6 Å². The molecule has 2 aromatic carbocycles. The number of nitrogens with one attached hydrogen (secondary N) is 2. The summed E-state index contributed by atoms with van der Waals surface area (Å²) >= 11 is 0. The van der Waals surface area contributed by atoms with E-state index in [0.717, 1.165) is 42.7 Å². The molecule has 0 bridgehead atoms. The second-order valence-electron chi connectivity index (χ2n) is 6.28. The van der Waals surface area contributed by atoms with Gasteiger partial charge in [0, 0.05) is 16.3 Å². The van der Waals surface area contributed by atoms with E-state index >= 15 is 0 Å². The number of anilines is 1. The van der Waals surface area contributed by atoms with Gasteiger partial charge in [-0.3, -0.25) is 4.94 Å². The van der Waals surface area contributed by atoms with Gasteiger partial charge in [0.05, 0.1) is 5.56 Å². The van der Waals surface area contributed by atoms with Crippen molar-refractivity contribution in [1.29, 1.82) is 0 Å². The van der Waals surface area contributed by atoms with E-state index in [2.05, 4.69) is 15.6 Å². The highest BCUT2D eigenvalue weighted by Crippen LogP contribution is 2.30. The minimum atomic E-state index is -4.39. The summed E-state index contributed by atoms with van der Waals surface area (Å²) in [6, 6.07) is 7.69. The molecule has 1 aliphatic rings. The molecule has 0 saturated heterocycles. The first-order valence-corrected chi connectivity index (χ1v) is 8.48. The summed E-state index contributed by atoms with van der Waals surface area (Å²) in [5.74, 6) is -0.590. The molecule has 152 valence electrons. The van der Waals surface area contributed by atoms with Gasteiger partial charge in [0.1, 0.15) is 5.82 Å². The van der Waals surface area contributed by atoms with Crippen LogP contribution >= 0.6 is 0 Å². The molecule has 0 atom stereocenters. The van der Waals surface area contributed by atoms with E-state index in [-0.39, 0.29) is 23.6 Å². The van der Waals surface area contributed by atoms with E-state index < -0.39 is 11.7 Å². The molecule has 2 aromatic rings. The number of rotatable bonds is 3. The Labute approximate surface area is 158 Å². The third kappa shape index (κ3) is 6.40. The van der Waals surface area contributed by atoms with Gasteiger partial charge in [-0.05, 0) is 68.1 Å². The molecule has 0 unspecified atom stereocenters. The zero-order valence-electron chi connectivity index (χ0n) is 14.9. The van der Waals surface area contributed by atoms with Crippen molar-refractivity contribution in [2.24, 2.45) is 0 Å². The molecule has 0 aliphatic heterocycles. The predicted molar refractivity (Wildman–Crippen MR) is 94.1 cm³/mol. The average molecular weight is 402 g/mol. The van der Waals surface area contributed by atoms with Gasteiger partial charge >= 0.3 is 12.2 Å². The highest BCUT2D eigenvalue weighted by Gasteiger charge is 2.30. The molecule has 0 aromatic heterocycles. The number of benzene rings is 2. The van der Waals surface area contributed by atoms with Crippen LogP contribution in [0.5, 0.6) is 5.75 Å². The maximum absolute atomic E-state index is 13.0. The van der Waals surface area contributed by atoms with Crippen LogP contribution in [0.3, 0.4) is 0 Å². The van der Waals surface area contributed by atoms with E-state index in [1.807, 2.05) is 6.92 Å². The highest BCUT2D eigenvalue weighted by atomic mass is 19.4. The van der Waals surface area contributed by atoms with E-state index in [1.54, 1.807) is 6.07 Å². The average Bonchev–Trinajstić information content (AvgIpc) is 2.61. The summed E-state index contributed by atoms with van der Waals surface area (Å²) in [6.45, 7) is 1.83. The second kappa shape index (κ2) is 9.38. The van der Waals surface area contributed by atoms with Crippen LogP contribution in [0.2, 0.25) is 0 Å². The lowest BCUT2D eigenvalue weighted by molar-refractivity contribution is -0.137. The molecule has 0 radical (unpaired) electrons. The van der Waals surface area contributed by atoms with Crippen molar-refractivity contribution in [2.45, 2.75) is 38.4 Å². The van der Waals surface area contributed by atoms with Gasteiger partial charge in [-0.25, -0.2) is 9.18 Å². The van der Waals surface area contributed by atoms with Crippen LogP contribution in [0.1, 0.15) is 30.4 Å². The minimum absolute atomic E-state index is 0.247. The predicted octanol–water partition coefficient (Wildman–Crippen LogP) is 5.78. The lowest BCUT2D eigenvalue weighted by Gasteiger charge is -2.26. The molecule has 1 saturated carbocycles. The van der Waals surface area contributed by atoms with Crippen molar-refractivity contribution in [3.05, 3.63) is 59.4 Å². The first kappa shape index (κ1) is 21.5. The highest BCUT2D eigenvalue weighted by molar-refractivity contribution is 5.90. The molecule has 1 fully saturated rings. The summed E-state index contributed by atoms with van der Waals surface area (Å²) in [4.78, 5) is 14.7. The molecule has 4 nitrogen and oxygen atoms in total. The zero-order valence-corrected chi connectivity index (χ0v) is 14.9. The second-order valence-corrected chi connectivity index (χ2v) is 6.28. The number of amides is 2. The Morgan fingerprint density at radius 2 is 1.75 bits per heavy atom. The Morgan fingerprint density at radius 1 is 1.11 bits per heavy atom. The van der Waals surface area contributed by atoms with Gasteiger partial charge in [-0.15, -0.1) is 0 Å². The monoisotopic (exact) mass is 402 g/mol. The summed E-state index contributed by atoms with van der Waals surface area (Å²) in [5, 5.41) is 5.50. The topological polar surface area (TPSA) is 50.4 Å². The number of carbonyl (C=O) groups excluding carboxylic acids is 1. The maximum Gasteiger partial charge on any atom is 0.416 e. The van der Waals surface area contributed by atoms with E-state index in [1.165, 1.54) is 18.6 Å². The van der Waals surface area contributed by atoms with Gasteiger partial charge in [-0.2, -0.15) is 13.2 Å². The van der Waals surface area contributed by atoms with Crippen molar-refractivity contribution in [1.82, 2.24) is 5.32 Å². The van der Waals surface area contributed by atoms with Crippen LogP contribution in [-0.2, 0) is 6.18 Å². The van der Waals surface area contributed by atoms with Crippen LogP contribution in [0, 0.1) is 12.7 Å². The van der Waals surface area contributed by atoms with Crippen LogP contribution in [0.4, 0.5) is 32.6 Å². The number of hydrogen-bond acceptors (Lipinski definition) is 2. The Hall–Kier alpha value is -2.84. The van der Waals surface area contributed by atoms with Crippen LogP contribution in [0.15, 0.2) is 42.5 Å². The number of hydrogen-bond donors (Lipinski definition) is 2. The number of aryl methyl sites for hydroxylation is 1. The number of halogens is 5. The minimum Gasteiger partial charge on any atom is -0.335 e. The van der Waals surface area contributed by atoms with E-state index in [4.69, 9.17) is 0 Å². The van der Waals surface area contributed by atoms with Crippen LogP contribution in [0.25, 0.3) is 0 Å². The SMILES string of the molecule is Cc1ccc(F)cc1NC(=O)NC1CCC1.FOc1ccc(C(F)(F)F)cc1. The number of alkyl halides is 3. The molecule has 0 spiro atoms. The van der Waals surface area contributed by atoms with Crippen LogP contribution < -0.4 is 15.6 Å². The largest absolute Gasteiger partial charge is 0.416 e. The van der Waals surface area contributed by atoms with E-state index in [0.29, 0.717) is 5.69 Å². The molecule has 3 rings (SSSR count). The van der Waals surface area contributed by atoms with Gasteiger partial charge in [0.25, 0.3) is 0 Å². The Kier molecular flexibility index (Phi) is 7.19. The fraction of sp³-hybridized carbons (Fsp3) is 0.316. The van der Waals surface area contributed by atoms with Gasteiger partial charge in [-0.1, -0.05) is 6.07 Å². The standard InChI is InChI=1S/C12H15FN2O.C7H4F4O/c1-8-5-6-9(13)7-11(8)15-12(16)14-10-3-2-4-10;8-7(9,10)5-1-3-6(12-11)4-2-5/h5-7,10H,2-4H2,1H3,(H2,14,15,16);1-4H. The normalized spacial score (nSPS) is 13.6. The maximum atomic E-state index is 13.0. The fourth-order valence-electron chi connectivity index (χ4n) is 2.32. The van der Waals surface area contributed by atoms with Crippen molar-refractivity contribution < 1.29 is 31.8 Å². The van der Waals surface area contributed by atoms with Crippen LogP contribution in [-0.4, -0.2) is 12.1 Å². The first-order chi connectivity index (χ1) is 13.2. The van der Waals surface area contributed by atoms with Gasteiger partial charge in [0.15, 0.2) is 5.75 Å². The van der Waals surface area contributed by atoms with Gasteiger partial charge in [0.2, 0.25) is 0 Å². The molecule has 2 amide bonds. The molecule has 28 heavy (non-hydrogen) atoms. The molecular weight excluding hydrogens is 383 g/mol. The molecule has 9 heteroatoms. The Balaban J connectivity index is 0.000000209. The summed E-state index contributed by atoms with van der Waals surface area (Å²) in [7, 11) is 0. The third-order valence-electron chi connectivity index (χ3n) is 4.16. The third-order valence-corrected chi connectivity index (χ3v) is 4.16. The first-order valence-electron chi connectivity index (χ1n) is 8.48.